The third-order valence-corrected chi connectivity index (χ3v) is 8.27. The summed E-state index contributed by atoms with van der Waals surface area (Å²) in [6.45, 7) is 3.25. The number of nitrogens with one attached hydrogen (secondary N) is 1. The van der Waals surface area contributed by atoms with E-state index in [4.69, 9.17) is 10.7 Å². The highest BCUT2D eigenvalue weighted by Crippen LogP contribution is 2.35. The van der Waals surface area contributed by atoms with Gasteiger partial charge in [-0.25, -0.2) is 22.4 Å². The van der Waals surface area contributed by atoms with Gasteiger partial charge in [-0.15, -0.1) is 0 Å². The summed E-state index contributed by atoms with van der Waals surface area (Å²) < 4.78 is 27.2. The Hall–Kier alpha value is -4.11. The number of aromatic nitrogens is 4. The van der Waals surface area contributed by atoms with Crippen LogP contribution in [0.25, 0.3) is 44.9 Å². The maximum atomic E-state index is 13.0. The van der Waals surface area contributed by atoms with Crippen LogP contribution in [0.5, 0.6) is 0 Å². The van der Waals surface area contributed by atoms with Crippen molar-refractivity contribution < 1.29 is 8.42 Å². The molecule has 5 aromatic rings. The number of benzene rings is 3. The Morgan fingerprint density at radius 1 is 0.889 bits per heavy atom. The van der Waals surface area contributed by atoms with Gasteiger partial charge in [0.1, 0.15) is 5.82 Å². The number of nitrogens with two attached hydrogens (primary N) is 1. The van der Waals surface area contributed by atoms with Gasteiger partial charge in [0.15, 0.2) is 0 Å². The van der Waals surface area contributed by atoms with Crippen LogP contribution in [-0.4, -0.2) is 46.7 Å². The molecular weight excluding hydrogens is 472 g/mol. The molecule has 9 heteroatoms. The van der Waals surface area contributed by atoms with Gasteiger partial charge in [-0.05, 0) is 50.2 Å². The molecule has 3 aromatic carbocycles. The van der Waals surface area contributed by atoms with E-state index in [1.54, 1.807) is 26.0 Å². The molecule has 5 rings (SSSR count). The highest BCUT2D eigenvalue weighted by atomic mass is 32.2. The van der Waals surface area contributed by atoms with Crippen molar-refractivity contribution in [2.45, 2.75) is 19.1 Å². The summed E-state index contributed by atoms with van der Waals surface area (Å²) in [5.41, 5.74) is 12.3. The molecule has 0 aliphatic carbocycles. The molecule has 2 heterocycles. The van der Waals surface area contributed by atoms with Gasteiger partial charge >= 0.3 is 0 Å². The van der Waals surface area contributed by atoms with Gasteiger partial charge in [-0.3, -0.25) is 0 Å². The molecule has 184 valence electrons. The van der Waals surface area contributed by atoms with E-state index in [1.165, 1.54) is 0 Å². The molecule has 8 nitrogen and oxygen atoms in total. The highest BCUT2D eigenvalue weighted by molar-refractivity contribution is 7.90. The zero-order chi connectivity index (χ0) is 25.6. The van der Waals surface area contributed by atoms with Crippen LogP contribution < -0.4 is 10.6 Å². The molecule has 3 N–H and O–H groups in total. The number of hydrogen-bond acceptors (Lipinski definition) is 6. The van der Waals surface area contributed by atoms with E-state index in [9.17, 15) is 8.42 Å². The van der Waals surface area contributed by atoms with Crippen LogP contribution in [0.2, 0.25) is 0 Å². The van der Waals surface area contributed by atoms with Crippen molar-refractivity contribution in [2.75, 3.05) is 24.7 Å². The second-order valence-electron chi connectivity index (χ2n) is 9.15. The van der Waals surface area contributed by atoms with Gasteiger partial charge in [0.25, 0.3) is 0 Å². The Labute approximate surface area is 210 Å². The van der Waals surface area contributed by atoms with E-state index in [1.807, 2.05) is 79.7 Å². The molecule has 36 heavy (non-hydrogen) atoms. The number of hydrogen-bond donors (Lipinski definition) is 2. The average molecular weight is 501 g/mol. The minimum atomic E-state index is -3.70. The van der Waals surface area contributed by atoms with Crippen LogP contribution in [0, 0.1) is 0 Å². The fraction of sp³-hybridized carbons (Fsp3) is 0.185. The average Bonchev–Trinajstić information content (AvgIpc) is 3.45. The lowest BCUT2D eigenvalue weighted by atomic mass is 10.0. The third-order valence-electron chi connectivity index (χ3n) is 6.18. The van der Waals surface area contributed by atoms with Gasteiger partial charge in [-0.1, -0.05) is 36.4 Å². The molecule has 0 aliphatic rings. The van der Waals surface area contributed by atoms with Crippen LogP contribution in [0.3, 0.4) is 0 Å². The van der Waals surface area contributed by atoms with Gasteiger partial charge in [0, 0.05) is 36.5 Å². The normalized spacial score (nSPS) is 11.9. The lowest BCUT2D eigenvalue weighted by Crippen LogP contribution is -2.23. The molecule has 0 saturated carbocycles. The van der Waals surface area contributed by atoms with Gasteiger partial charge in [0.2, 0.25) is 16.0 Å². The quantitative estimate of drug-likeness (QED) is 0.340. The van der Waals surface area contributed by atoms with Crippen molar-refractivity contribution in [3.05, 3.63) is 72.8 Å². The number of nitrogens with zero attached hydrogens (tertiary/aromatic N) is 4. The summed E-state index contributed by atoms with van der Waals surface area (Å²) in [5, 5.41) is -0.650. The first-order chi connectivity index (χ1) is 17.2. The zero-order valence-electron chi connectivity index (χ0n) is 20.6. The van der Waals surface area contributed by atoms with Crippen molar-refractivity contribution in [2.24, 2.45) is 0 Å². The van der Waals surface area contributed by atoms with E-state index in [0.717, 1.165) is 37.9 Å². The van der Waals surface area contributed by atoms with E-state index < -0.39 is 15.3 Å². The maximum absolute atomic E-state index is 13.0. The molecular formula is C27H28N6O2S. The van der Waals surface area contributed by atoms with Crippen molar-refractivity contribution in [1.29, 1.82) is 0 Å². The van der Waals surface area contributed by atoms with E-state index in [2.05, 4.69) is 9.97 Å². The Morgan fingerprint density at radius 2 is 1.56 bits per heavy atom. The predicted molar refractivity (Wildman–Crippen MR) is 146 cm³/mol. The summed E-state index contributed by atoms with van der Waals surface area (Å²) in [4.78, 5) is 14.8. The number of imidazole rings is 2. The van der Waals surface area contributed by atoms with Crippen LogP contribution >= 0.6 is 0 Å². The summed E-state index contributed by atoms with van der Waals surface area (Å²) in [7, 11) is 0.297. The lowest BCUT2D eigenvalue weighted by molar-refractivity contribution is 0.580. The molecule has 2 aromatic heterocycles. The molecule has 0 radical (unpaired) electrons. The number of anilines is 2. The molecule has 0 amide bonds. The Kier molecular flexibility index (Phi) is 5.80. The van der Waals surface area contributed by atoms with Crippen molar-refractivity contribution >= 4 is 32.7 Å². The van der Waals surface area contributed by atoms with E-state index in [0.29, 0.717) is 16.7 Å². The lowest BCUT2D eigenvalue weighted by Gasteiger charge is -2.12. The van der Waals surface area contributed by atoms with E-state index >= 15 is 0 Å². The monoisotopic (exact) mass is 500 g/mol. The largest absolute Gasteiger partial charge is 0.378 e. The summed E-state index contributed by atoms with van der Waals surface area (Å²) >= 11 is 0. The second-order valence-corrected chi connectivity index (χ2v) is 11.5. The predicted octanol–water partition coefficient (Wildman–Crippen LogP) is 4.99. The standard InChI is InChI=1S/C27H28N6O2S/c1-17(2)36(34,35)33-23-16-20(12-15-22(23)29-27(33)28)25-24(18-8-6-5-7-9-18)30-26(31-25)19-10-13-21(14-11-19)32(3)4/h5-17H,1-4H3,(H2,28,29)(H,30,31). The summed E-state index contributed by atoms with van der Waals surface area (Å²) in [6.07, 6.45) is 0. The molecule has 0 atom stereocenters. The van der Waals surface area contributed by atoms with Gasteiger partial charge < -0.3 is 15.6 Å². The number of rotatable bonds is 6. The Morgan fingerprint density at radius 3 is 2.19 bits per heavy atom. The fourth-order valence-corrected chi connectivity index (χ4v) is 5.29. The zero-order valence-corrected chi connectivity index (χ0v) is 21.4. The van der Waals surface area contributed by atoms with Crippen LogP contribution in [-0.2, 0) is 10.0 Å². The number of aromatic amines is 1. The molecule has 0 aliphatic heterocycles. The first-order valence-corrected chi connectivity index (χ1v) is 13.1. The molecule has 0 fully saturated rings. The molecule has 0 unspecified atom stereocenters. The first-order valence-electron chi connectivity index (χ1n) is 11.6. The summed E-state index contributed by atoms with van der Waals surface area (Å²) in [6, 6.07) is 23.5. The second kappa shape index (κ2) is 8.83. The van der Waals surface area contributed by atoms with Gasteiger partial charge in [0.05, 0.1) is 27.7 Å². The molecule has 0 spiro atoms. The number of fused-ring (bicyclic) bond motifs is 1. The summed E-state index contributed by atoms with van der Waals surface area (Å²) in [5.74, 6) is 0.667. The first kappa shape index (κ1) is 23.6. The molecule has 0 bridgehead atoms. The molecule has 0 saturated heterocycles. The Bertz CT molecular complexity index is 1650. The fourth-order valence-electron chi connectivity index (χ4n) is 4.15. The van der Waals surface area contributed by atoms with E-state index in [-0.39, 0.29) is 5.95 Å². The minimum Gasteiger partial charge on any atom is -0.378 e. The number of H-pyrrole nitrogens is 1. The van der Waals surface area contributed by atoms with Crippen LogP contribution in [0.1, 0.15) is 13.8 Å². The van der Waals surface area contributed by atoms with Crippen molar-refractivity contribution in [1.82, 2.24) is 18.9 Å². The van der Waals surface area contributed by atoms with Crippen LogP contribution in [0.15, 0.2) is 72.8 Å². The van der Waals surface area contributed by atoms with Gasteiger partial charge in [-0.2, -0.15) is 0 Å². The minimum absolute atomic E-state index is 0.0529. The highest BCUT2D eigenvalue weighted by Gasteiger charge is 2.25. The Balaban J connectivity index is 1.71. The number of nitrogen functional groups attached to an aromatic ring is 1. The SMILES string of the molecule is CC(C)S(=O)(=O)n1c(N)nc2ccc(-c3nc(-c4ccc(N(C)C)cc4)[nH]c3-c3ccccc3)cc21. The van der Waals surface area contributed by atoms with Crippen molar-refractivity contribution in [3.63, 3.8) is 0 Å². The smallest absolute Gasteiger partial charge is 0.244 e. The third kappa shape index (κ3) is 4.01. The maximum Gasteiger partial charge on any atom is 0.244 e. The topological polar surface area (TPSA) is 110 Å². The van der Waals surface area contributed by atoms with Crippen LogP contribution in [0.4, 0.5) is 11.6 Å². The van der Waals surface area contributed by atoms with Crippen molar-refractivity contribution in [3.8, 4) is 33.9 Å².